The lowest BCUT2D eigenvalue weighted by molar-refractivity contribution is -0.187. The molecule has 452 valence electrons. The predicted molar refractivity (Wildman–Crippen MR) is 326 cm³/mol. The first kappa shape index (κ1) is 60.0. The number of anilines is 3. The fourth-order valence-corrected chi connectivity index (χ4v) is 14.2. The molecule has 2 saturated heterocycles. The Hall–Kier alpha value is -7.71. The second kappa shape index (κ2) is 26.1. The average Bonchev–Trinajstić information content (AvgIpc) is 2.07. The third-order valence-corrected chi connectivity index (χ3v) is 18.4. The number of ether oxygens (including phenoxy) is 6. The molecule has 19 heteroatoms. The quantitative estimate of drug-likeness (QED) is 0.0398. The molecular formula is C67H75N5O13S. The third-order valence-electron chi connectivity index (χ3n) is 16.9. The van der Waals surface area contributed by atoms with Gasteiger partial charge in [-0.25, -0.2) is 4.79 Å². The van der Waals surface area contributed by atoms with Gasteiger partial charge in [0.25, 0.3) is 17.7 Å². The van der Waals surface area contributed by atoms with Gasteiger partial charge in [0.1, 0.15) is 19.0 Å². The number of benzene rings is 5. The van der Waals surface area contributed by atoms with E-state index in [1.807, 2.05) is 85.2 Å². The number of likely N-dealkylation sites (tertiary alicyclic amines) is 1. The Morgan fingerprint density at radius 3 is 1.87 bits per heavy atom. The van der Waals surface area contributed by atoms with E-state index in [0.717, 1.165) is 86.9 Å². The molecule has 6 aliphatic rings. The van der Waals surface area contributed by atoms with E-state index in [1.54, 1.807) is 20.3 Å². The van der Waals surface area contributed by atoms with Crippen LogP contribution in [-0.4, -0.2) is 134 Å². The molecule has 2 fully saturated rings. The second-order valence-corrected chi connectivity index (χ2v) is 25.4. The molecule has 0 saturated carbocycles. The Kier molecular flexibility index (Phi) is 18.2. The molecule has 0 spiro atoms. The van der Waals surface area contributed by atoms with Crippen LogP contribution in [0.2, 0.25) is 0 Å². The summed E-state index contributed by atoms with van der Waals surface area (Å²) in [6, 6.07) is 30.4. The Labute approximate surface area is 506 Å². The number of rotatable bonds is 25. The van der Waals surface area contributed by atoms with E-state index in [9.17, 15) is 28.8 Å². The summed E-state index contributed by atoms with van der Waals surface area (Å²) in [4.78, 5) is 93.7. The van der Waals surface area contributed by atoms with E-state index in [4.69, 9.17) is 33.3 Å². The van der Waals surface area contributed by atoms with Crippen LogP contribution in [0.15, 0.2) is 103 Å². The molecule has 0 N–H and O–H groups in total. The molecule has 11 rings (SSSR count). The van der Waals surface area contributed by atoms with Crippen molar-refractivity contribution in [2.75, 3.05) is 81.6 Å². The third kappa shape index (κ3) is 13.0. The maximum atomic E-state index is 14.4. The minimum atomic E-state index is -0.743. The number of thioether (sulfide) groups is 1. The van der Waals surface area contributed by atoms with Crippen molar-refractivity contribution in [3.8, 4) is 17.2 Å². The summed E-state index contributed by atoms with van der Waals surface area (Å²) in [6.45, 7) is 12.8. The fourth-order valence-electron chi connectivity index (χ4n) is 12.7. The number of hydrogen-bond donors (Lipinski definition) is 0. The van der Waals surface area contributed by atoms with Crippen LogP contribution in [0.5, 0.6) is 17.2 Å². The summed E-state index contributed by atoms with van der Waals surface area (Å²) in [6.07, 6.45) is 4.94. The number of nitrogens with zero attached hydrogens (tertiary/aromatic N) is 5. The van der Waals surface area contributed by atoms with Crippen molar-refractivity contribution in [1.82, 2.24) is 9.96 Å². The van der Waals surface area contributed by atoms with Gasteiger partial charge in [-0.15, -0.1) is 16.8 Å². The number of para-hydroxylation sites is 2. The van der Waals surface area contributed by atoms with E-state index < -0.39 is 21.9 Å². The highest BCUT2D eigenvalue weighted by Gasteiger charge is 2.44. The van der Waals surface area contributed by atoms with Crippen LogP contribution in [0.3, 0.4) is 0 Å². The number of hydrogen-bond acceptors (Lipinski definition) is 15. The van der Waals surface area contributed by atoms with E-state index in [2.05, 4.69) is 41.8 Å². The highest BCUT2D eigenvalue weighted by Crippen LogP contribution is 2.43. The number of carbonyl (C=O) groups is 6. The van der Waals surface area contributed by atoms with Gasteiger partial charge in [0.15, 0.2) is 11.5 Å². The zero-order valence-corrected chi connectivity index (χ0v) is 50.5. The van der Waals surface area contributed by atoms with Crippen LogP contribution in [-0.2, 0) is 77.1 Å². The standard InChI is InChI=1S/C67H75N5O13S/c1-42-29-53-46(16-18-50-33-48-11-7-9-13-55(48)70(50)64(53)76)35-57(42)83-39-44-30-45(40-84-59-36-47-17-19-51-34-49-12-8-10-14-56(49)71(51)65(77)54(47)37-58(59)80-6)32-52(31-44)68(23-24-81-27-28-82-26-25-79-5)41-67(3,4)86-60-38-62(74)69(66(60)78)22-21-63(75)85-72-43(2)15-20-61(72)73/h7-14,29-32,35-37,50-51,60H,2,15-28,33-34,38-41H2,1,3-6H3/t50-,51-,60?/m1/s1. The first-order chi connectivity index (χ1) is 41.6. The summed E-state index contributed by atoms with van der Waals surface area (Å²) < 4.78 is 35.8. The summed E-state index contributed by atoms with van der Waals surface area (Å²) in [5, 5.41) is 0.176. The van der Waals surface area contributed by atoms with Crippen molar-refractivity contribution in [1.29, 1.82) is 0 Å². The summed E-state index contributed by atoms with van der Waals surface area (Å²) in [7, 11) is 3.20. The molecule has 0 bridgehead atoms. The highest BCUT2D eigenvalue weighted by atomic mass is 32.2. The lowest BCUT2D eigenvalue weighted by Gasteiger charge is -2.35. The molecule has 3 atom stereocenters. The molecule has 5 aromatic carbocycles. The van der Waals surface area contributed by atoms with E-state index in [1.165, 1.54) is 22.9 Å². The van der Waals surface area contributed by atoms with Gasteiger partial charge in [0, 0.05) is 84.6 Å². The Morgan fingerprint density at radius 2 is 1.26 bits per heavy atom. The Balaban J connectivity index is 0.861. The minimum absolute atomic E-state index is 0.00922. The molecule has 5 aromatic rings. The molecule has 0 radical (unpaired) electrons. The van der Waals surface area contributed by atoms with Crippen molar-refractivity contribution in [3.63, 3.8) is 0 Å². The SMILES string of the molecule is C=C1CCC(=O)N1OC(=O)CCN1C(=O)CC(SC(C)(C)CN(CCOCCOCCOC)c2cc(COc3cc4c(cc3C)C(=O)N3c5ccccc5C[C@H]3CC4)cc(COc3cc4c(cc3OC)C(=O)N3c5ccccc5C[C@H]3CC4)c2)C1=O. The lowest BCUT2D eigenvalue weighted by Crippen LogP contribution is -2.41. The summed E-state index contributed by atoms with van der Waals surface area (Å²) in [5.74, 6) is -0.309. The van der Waals surface area contributed by atoms with Crippen LogP contribution in [0.25, 0.3) is 0 Å². The van der Waals surface area contributed by atoms with Crippen molar-refractivity contribution >= 4 is 64.3 Å². The minimum Gasteiger partial charge on any atom is -0.493 e. The molecule has 5 amide bonds. The Bertz CT molecular complexity index is 3440. The molecule has 86 heavy (non-hydrogen) atoms. The number of hydroxylamine groups is 2. The Morgan fingerprint density at radius 1 is 0.663 bits per heavy atom. The molecule has 0 aliphatic carbocycles. The molecule has 0 aromatic heterocycles. The van der Waals surface area contributed by atoms with Gasteiger partial charge in [0.05, 0.1) is 57.5 Å². The number of imide groups is 1. The molecule has 6 heterocycles. The van der Waals surface area contributed by atoms with Gasteiger partial charge >= 0.3 is 5.97 Å². The number of allylic oxidation sites excluding steroid dienone is 1. The monoisotopic (exact) mass is 1190 g/mol. The van der Waals surface area contributed by atoms with Gasteiger partial charge in [-0.3, -0.25) is 28.9 Å². The molecule has 6 aliphatic heterocycles. The number of fused-ring (bicyclic) bond motifs is 8. The average molecular weight is 1190 g/mol. The van der Waals surface area contributed by atoms with Gasteiger partial charge in [-0.05, 0) is 159 Å². The fraction of sp³-hybridized carbons (Fsp3) is 0.433. The van der Waals surface area contributed by atoms with Gasteiger partial charge in [-0.2, -0.15) is 0 Å². The number of methoxy groups -OCH3 is 2. The number of carbonyl (C=O) groups excluding carboxylic acids is 6. The van der Waals surface area contributed by atoms with Crippen LogP contribution >= 0.6 is 11.8 Å². The van der Waals surface area contributed by atoms with Crippen LogP contribution in [0, 0.1) is 6.92 Å². The summed E-state index contributed by atoms with van der Waals surface area (Å²) in [5.41, 5.74) is 11.2. The maximum Gasteiger partial charge on any atom is 0.334 e. The van der Waals surface area contributed by atoms with Gasteiger partial charge < -0.3 is 48.0 Å². The van der Waals surface area contributed by atoms with E-state index >= 15 is 0 Å². The van der Waals surface area contributed by atoms with Gasteiger partial charge in [-0.1, -0.05) is 43.0 Å². The van der Waals surface area contributed by atoms with Crippen molar-refractivity contribution in [2.45, 2.75) is 120 Å². The lowest BCUT2D eigenvalue weighted by atomic mass is 9.98. The smallest absolute Gasteiger partial charge is 0.334 e. The van der Waals surface area contributed by atoms with Crippen molar-refractivity contribution < 1.29 is 62.0 Å². The maximum absolute atomic E-state index is 14.4. The van der Waals surface area contributed by atoms with Crippen LogP contribution in [0.1, 0.15) is 112 Å². The zero-order valence-electron chi connectivity index (χ0n) is 49.7. The van der Waals surface area contributed by atoms with Crippen molar-refractivity contribution in [3.05, 3.63) is 153 Å². The predicted octanol–water partition coefficient (Wildman–Crippen LogP) is 9.31. The normalized spacial score (nSPS) is 18.8. The number of aryl methyl sites for hydroxylation is 3. The topological polar surface area (TPSA) is 183 Å². The van der Waals surface area contributed by atoms with Crippen LogP contribution in [0.4, 0.5) is 17.1 Å². The first-order valence-electron chi connectivity index (χ1n) is 29.7. The van der Waals surface area contributed by atoms with Crippen molar-refractivity contribution in [2.24, 2.45) is 0 Å². The molecule has 1 unspecified atom stereocenters. The van der Waals surface area contributed by atoms with E-state index in [0.29, 0.717) is 93.0 Å². The largest absolute Gasteiger partial charge is 0.493 e. The highest BCUT2D eigenvalue weighted by molar-refractivity contribution is 8.02. The van der Waals surface area contributed by atoms with Gasteiger partial charge in [0.2, 0.25) is 11.8 Å². The van der Waals surface area contributed by atoms with Crippen LogP contribution < -0.4 is 28.9 Å². The first-order valence-corrected chi connectivity index (χ1v) is 30.6. The molecular weight excluding hydrogens is 1110 g/mol. The molecule has 18 nitrogen and oxygen atoms in total. The number of amides is 5. The summed E-state index contributed by atoms with van der Waals surface area (Å²) >= 11 is 1.40. The zero-order chi connectivity index (χ0) is 60.2. The van der Waals surface area contributed by atoms with E-state index in [-0.39, 0.29) is 74.7 Å². The second-order valence-electron chi connectivity index (χ2n) is 23.5.